The number of imidazole rings is 1. The average molecular weight is 965 g/mol. The first-order valence-corrected chi connectivity index (χ1v) is 25.4. The van der Waals surface area contributed by atoms with Crippen molar-refractivity contribution in [2.45, 2.75) is 126 Å². The molecule has 374 valence electrons. The van der Waals surface area contributed by atoms with Gasteiger partial charge >= 0.3 is 5.97 Å². The molecular formula is C62H72N6O4. The first-order valence-electron chi connectivity index (χ1n) is 25.4. The lowest BCUT2D eigenvalue weighted by Crippen LogP contribution is -2.32. The molecule has 2 unspecified atom stereocenters. The summed E-state index contributed by atoms with van der Waals surface area (Å²) in [5.74, 6) is 0.167. The number of aromatic amines is 1. The second kappa shape index (κ2) is 24.8. The Kier molecular flexibility index (Phi) is 18.1. The fraction of sp³-hybridized carbons (Fsp3) is 0.339. The number of hydrogen-bond donors (Lipinski definition) is 2. The first kappa shape index (κ1) is 52.6. The molecule has 0 spiro atoms. The van der Waals surface area contributed by atoms with Crippen LogP contribution in [0.3, 0.4) is 0 Å². The molecule has 0 saturated carbocycles. The zero-order valence-electron chi connectivity index (χ0n) is 43.7. The SMILES string of the molecule is CCOc1nc2cccc(C(=O)OC3CC(C)=C(/C=C/C(C)=C/C=C/C(C)=C/C=C/C=C(\C)CC/C=C(C)/C=C/C4=C(C)CC(O)CC4)C(C)(C)C3)c2n1Cc1ccc(-c2ccccc2-c2nn[nH]n2)cc1. The molecule has 10 nitrogen and oxygen atoms in total. The number of fused-ring (bicyclic) bond motifs is 1. The molecule has 0 saturated heterocycles. The zero-order chi connectivity index (χ0) is 51.2. The Balaban J connectivity index is 0.943. The van der Waals surface area contributed by atoms with Crippen LogP contribution in [0, 0.1) is 5.41 Å². The van der Waals surface area contributed by atoms with Gasteiger partial charge in [0.1, 0.15) is 6.10 Å². The van der Waals surface area contributed by atoms with Gasteiger partial charge in [-0.2, -0.15) is 10.2 Å². The minimum absolute atomic E-state index is 0.181. The second-order valence-corrected chi connectivity index (χ2v) is 20.0. The van der Waals surface area contributed by atoms with Crippen molar-refractivity contribution in [3.63, 3.8) is 0 Å². The summed E-state index contributed by atoms with van der Waals surface area (Å²) in [5.41, 5.74) is 15.6. The minimum atomic E-state index is -0.368. The van der Waals surface area contributed by atoms with Crippen LogP contribution in [0.5, 0.6) is 6.01 Å². The average Bonchev–Trinajstić information content (AvgIpc) is 4.01. The summed E-state index contributed by atoms with van der Waals surface area (Å²) in [7, 11) is 0. The lowest BCUT2D eigenvalue weighted by molar-refractivity contribution is 0.0190. The molecule has 2 aromatic heterocycles. The van der Waals surface area contributed by atoms with Gasteiger partial charge in [-0.3, -0.25) is 4.57 Å². The van der Waals surface area contributed by atoms with Gasteiger partial charge in [-0.25, -0.2) is 4.79 Å². The molecule has 2 aliphatic rings. The van der Waals surface area contributed by atoms with E-state index in [2.05, 4.69) is 173 Å². The fourth-order valence-corrected chi connectivity index (χ4v) is 9.70. The molecule has 0 aliphatic heterocycles. The van der Waals surface area contributed by atoms with Crippen molar-refractivity contribution >= 4 is 17.0 Å². The van der Waals surface area contributed by atoms with E-state index in [4.69, 9.17) is 14.5 Å². The normalized spacial score (nSPS) is 18.5. The summed E-state index contributed by atoms with van der Waals surface area (Å²) >= 11 is 0. The second-order valence-electron chi connectivity index (χ2n) is 20.0. The van der Waals surface area contributed by atoms with E-state index in [9.17, 15) is 9.90 Å². The number of carbonyl (C=O) groups excluding carboxylic acids is 1. The number of nitrogens with one attached hydrogen (secondary N) is 1. The number of carbonyl (C=O) groups is 1. The molecule has 2 aliphatic carbocycles. The van der Waals surface area contributed by atoms with Gasteiger partial charge < -0.3 is 14.6 Å². The standard InChI is InChI=1S/C62H72N6O4/c1-10-71-61-63-57-27-17-26-55(58(57)68(61)41-48-30-33-50(34-31-48)53-24-13-14-25-54(53)59-64-66-67-65-59)60(70)72-52-39-47(7)56(62(8,9)40-52)37-29-45(5)23-16-21-43(3)19-12-11-18-42(2)20-15-22-44(4)28-32-49-35-36-51(69)38-46(49)6/h11-14,16-19,21-34,37,51-52,69H,10,15,20,35-36,38-41H2,1-9H3,(H,64,65,66,67)/b12-11+,21-16+,32-28+,37-29+,42-18+,43-19+,44-22+,45-23+. The largest absolute Gasteiger partial charge is 0.465 e. The van der Waals surface area contributed by atoms with Gasteiger partial charge in [0.2, 0.25) is 5.82 Å². The van der Waals surface area contributed by atoms with E-state index in [1.165, 1.54) is 39.0 Å². The molecule has 72 heavy (non-hydrogen) atoms. The Bertz CT molecular complexity index is 3020. The number of benzene rings is 3. The number of ether oxygens (including phenoxy) is 2. The van der Waals surface area contributed by atoms with Crippen LogP contribution in [0.15, 0.2) is 184 Å². The molecule has 0 fully saturated rings. The Morgan fingerprint density at radius 1 is 0.847 bits per heavy atom. The highest BCUT2D eigenvalue weighted by Crippen LogP contribution is 2.43. The monoisotopic (exact) mass is 965 g/mol. The third-order valence-corrected chi connectivity index (χ3v) is 13.5. The van der Waals surface area contributed by atoms with E-state index in [0.29, 0.717) is 54.4 Å². The maximum absolute atomic E-state index is 14.2. The van der Waals surface area contributed by atoms with Crippen molar-refractivity contribution in [3.05, 3.63) is 195 Å². The third-order valence-electron chi connectivity index (χ3n) is 13.5. The molecule has 2 atom stereocenters. The summed E-state index contributed by atoms with van der Waals surface area (Å²) in [6, 6.07) is 22.3. The van der Waals surface area contributed by atoms with Crippen molar-refractivity contribution in [3.8, 4) is 28.5 Å². The molecule has 2 heterocycles. The third kappa shape index (κ3) is 14.0. The number of tetrazole rings is 1. The summed E-state index contributed by atoms with van der Waals surface area (Å²) < 4.78 is 14.4. The van der Waals surface area contributed by atoms with Crippen molar-refractivity contribution in [1.82, 2.24) is 30.2 Å². The lowest BCUT2D eigenvalue weighted by Gasteiger charge is -2.37. The van der Waals surface area contributed by atoms with Crippen molar-refractivity contribution in [1.29, 1.82) is 0 Å². The molecule has 0 radical (unpaired) electrons. The van der Waals surface area contributed by atoms with Crippen LogP contribution in [0.4, 0.5) is 0 Å². The highest BCUT2D eigenvalue weighted by molar-refractivity contribution is 6.02. The van der Waals surface area contributed by atoms with Crippen molar-refractivity contribution in [2.24, 2.45) is 5.41 Å². The number of para-hydroxylation sites is 1. The molecule has 2 N–H and O–H groups in total. The Morgan fingerprint density at radius 2 is 1.58 bits per heavy atom. The van der Waals surface area contributed by atoms with Gasteiger partial charge in [-0.05, 0) is 138 Å². The van der Waals surface area contributed by atoms with Crippen LogP contribution < -0.4 is 4.74 Å². The van der Waals surface area contributed by atoms with Gasteiger partial charge in [0.05, 0.1) is 35.9 Å². The molecule has 7 rings (SSSR count). The van der Waals surface area contributed by atoms with Gasteiger partial charge in [0, 0.05) is 12.0 Å². The lowest BCUT2D eigenvalue weighted by atomic mass is 9.71. The molecular weight excluding hydrogens is 893 g/mol. The van der Waals surface area contributed by atoms with Crippen LogP contribution in [0.2, 0.25) is 0 Å². The van der Waals surface area contributed by atoms with Crippen molar-refractivity contribution < 1.29 is 19.4 Å². The number of allylic oxidation sites excluding steroid dienone is 18. The highest BCUT2D eigenvalue weighted by Gasteiger charge is 2.35. The number of hydrogen-bond acceptors (Lipinski definition) is 8. The van der Waals surface area contributed by atoms with E-state index in [1.54, 1.807) is 0 Å². The number of esters is 1. The van der Waals surface area contributed by atoms with Crippen LogP contribution in [0.25, 0.3) is 33.5 Å². The van der Waals surface area contributed by atoms with Crippen LogP contribution >= 0.6 is 0 Å². The Hall–Kier alpha value is -7.17. The van der Waals surface area contributed by atoms with Gasteiger partial charge in [0.25, 0.3) is 6.01 Å². The topological polar surface area (TPSA) is 128 Å². The zero-order valence-corrected chi connectivity index (χ0v) is 43.7. The highest BCUT2D eigenvalue weighted by atomic mass is 16.5. The predicted octanol–water partition coefficient (Wildman–Crippen LogP) is 14.6. The summed E-state index contributed by atoms with van der Waals surface area (Å²) in [4.78, 5) is 19.0. The van der Waals surface area contributed by atoms with E-state index in [-0.39, 0.29) is 23.6 Å². The number of aliphatic hydroxyl groups is 1. The smallest absolute Gasteiger partial charge is 0.340 e. The number of H-pyrrole nitrogens is 1. The predicted molar refractivity (Wildman–Crippen MR) is 293 cm³/mol. The van der Waals surface area contributed by atoms with E-state index >= 15 is 0 Å². The Morgan fingerprint density at radius 3 is 2.32 bits per heavy atom. The van der Waals surface area contributed by atoms with Crippen LogP contribution in [-0.4, -0.2) is 60.1 Å². The van der Waals surface area contributed by atoms with Gasteiger partial charge in [-0.1, -0.05) is 175 Å². The fourth-order valence-electron chi connectivity index (χ4n) is 9.70. The summed E-state index contributed by atoms with van der Waals surface area (Å²) in [6.45, 7) is 20.1. The van der Waals surface area contributed by atoms with Gasteiger partial charge in [-0.15, -0.1) is 10.2 Å². The number of aromatic nitrogens is 6. The van der Waals surface area contributed by atoms with Crippen molar-refractivity contribution in [2.75, 3.05) is 6.61 Å². The number of rotatable bonds is 19. The maximum Gasteiger partial charge on any atom is 0.340 e. The van der Waals surface area contributed by atoms with Crippen LogP contribution in [-0.2, 0) is 11.3 Å². The number of aliphatic hydroxyl groups excluding tert-OH is 1. The molecule has 3 aromatic carbocycles. The molecule has 10 heteroatoms. The van der Waals surface area contributed by atoms with E-state index in [0.717, 1.165) is 59.9 Å². The molecule has 0 bridgehead atoms. The van der Waals surface area contributed by atoms with Gasteiger partial charge in [0.15, 0.2) is 0 Å². The summed E-state index contributed by atoms with van der Waals surface area (Å²) in [6.07, 6.45) is 31.6. The van der Waals surface area contributed by atoms with Crippen LogP contribution in [0.1, 0.15) is 123 Å². The van der Waals surface area contributed by atoms with E-state index in [1.807, 2.05) is 54.0 Å². The summed E-state index contributed by atoms with van der Waals surface area (Å²) in [5, 5.41) is 24.6. The quantitative estimate of drug-likeness (QED) is 0.0619. The van der Waals surface area contributed by atoms with E-state index < -0.39 is 0 Å². The Labute approximate surface area is 426 Å². The number of nitrogens with zero attached hydrogens (tertiary/aromatic N) is 5. The first-order chi connectivity index (χ1) is 34.7. The molecule has 5 aromatic rings. The molecule has 0 amide bonds. The maximum atomic E-state index is 14.2. The minimum Gasteiger partial charge on any atom is -0.465 e.